The SMILES string of the molecule is O=S1c2ccccc2N2c3ccccc3S(=O)c3cc(-c4cccc5c4S(=O)c4cccc6c4N5c4ccccc4S6=O)cc1c32. The molecule has 222 valence electrons. The third-order valence-corrected chi connectivity index (χ3v) is 14.8. The van der Waals surface area contributed by atoms with Gasteiger partial charge in [-0.3, -0.25) is 0 Å². The van der Waals surface area contributed by atoms with Gasteiger partial charge in [-0.2, -0.15) is 0 Å². The van der Waals surface area contributed by atoms with Crippen molar-refractivity contribution in [3.05, 3.63) is 121 Å². The first-order chi connectivity index (χ1) is 22.5. The second-order valence-corrected chi connectivity index (χ2v) is 16.9. The van der Waals surface area contributed by atoms with Gasteiger partial charge in [-0.05, 0) is 72.3 Å². The lowest BCUT2D eigenvalue weighted by Gasteiger charge is -2.39. The zero-order chi connectivity index (χ0) is 30.8. The van der Waals surface area contributed by atoms with Crippen LogP contribution in [0.2, 0.25) is 0 Å². The molecule has 4 aliphatic heterocycles. The van der Waals surface area contributed by atoms with Crippen molar-refractivity contribution >= 4 is 77.3 Å². The molecule has 10 rings (SSSR count). The Kier molecular flexibility index (Phi) is 5.53. The molecule has 0 fully saturated rings. The molecule has 6 nitrogen and oxygen atoms in total. The Balaban J connectivity index is 1.25. The summed E-state index contributed by atoms with van der Waals surface area (Å²) >= 11 is 0. The second kappa shape index (κ2) is 9.52. The van der Waals surface area contributed by atoms with Gasteiger partial charge in [0.1, 0.15) is 0 Å². The predicted molar refractivity (Wildman–Crippen MR) is 180 cm³/mol. The number of benzene rings is 6. The van der Waals surface area contributed by atoms with Gasteiger partial charge in [-0.15, -0.1) is 0 Å². The van der Waals surface area contributed by atoms with Crippen molar-refractivity contribution in [3.8, 4) is 11.1 Å². The normalized spacial score (nSPS) is 20.9. The van der Waals surface area contributed by atoms with Gasteiger partial charge >= 0.3 is 0 Å². The van der Waals surface area contributed by atoms with E-state index in [-0.39, 0.29) is 0 Å². The van der Waals surface area contributed by atoms with Crippen LogP contribution in [-0.2, 0) is 43.2 Å². The van der Waals surface area contributed by atoms with Crippen LogP contribution < -0.4 is 9.80 Å². The molecule has 0 amide bonds. The van der Waals surface area contributed by atoms with Gasteiger partial charge in [-0.25, -0.2) is 16.8 Å². The first-order valence-corrected chi connectivity index (χ1v) is 19.1. The molecule has 4 atom stereocenters. The zero-order valence-electron chi connectivity index (χ0n) is 23.7. The molecule has 0 aliphatic carbocycles. The minimum Gasteiger partial charge on any atom is -0.306 e. The molecule has 6 aromatic rings. The third kappa shape index (κ3) is 3.34. The molecule has 46 heavy (non-hydrogen) atoms. The van der Waals surface area contributed by atoms with Crippen LogP contribution in [0, 0.1) is 0 Å². The Morgan fingerprint density at radius 1 is 0.370 bits per heavy atom. The highest BCUT2D eigenvalue weighted by Gasteiger charge is 2.41. The minimum absolute atomic E-state index is 0.564. The Labute approximate surface area is 274 Å². The summed E-state index contributed by atoms with van der Waals surface area (Å²) in [5, 5.41) is 0. The molecule has 0 bridgehead atoms. The lowest BCUT2D eigenvalue weighted by Crippen LogP contribution is -2.26. The summed E-state index contributed by atoms with van der Waals surface area (Å²) in [7, 11) is -6.13. The quantitative estimate of drug-likeness (QED) is 0.175. The standard InChI is InChI=1S/C36H20N2O4S4/c39-43-27-14-4-3-12-25(27)38-26-13-7-9-22(36(26)46(42)31-18-8-17-30(43)34(31)38)21-19-32-35-33(20-21)45(41)29-16-6-2-11-24(29)37(35)23-10-1-5-15-28(23)44(32)40/h1-20H. The summed E-state index contributed by atoms with van der Waals surface area (Å²) in [5.74, 6) is 0. The summed E-state index contributed by atoms with van der Waals surface area (Å²) < 4.78 is 56.8. The lowest BCUT2D eigenvalue weighted by molar-refractivity contribution is 0.677. The maximum Gasteiger partial charge on any atom is 0.0899 e. The maximum atomic E-state index is 14.6. The highest BCUT2D eigenvalue weighted by molar-refractivity contribution is 7.87. The molecule has 10 heteroatoms. The number of rotatable bonds is 1. The molecule has 0 aromatic heterocycles. The maximum absolute atomic E-state index is 14.6. The molecule has 6 aromatic carbocycles. The van der Waals surface area contributed by atoms with Gasteiger partial charge < -0.3 is 9.80 Å². The van der Waals surface area contributed by atoms with Crippen LogP contribution in [0.25, 0.3) is 11.1 Å². The van der Waals surface area contributed by atoms with E-state index >= 15 is 0 Å². The van der Waals surface area contributed by atoms with Gasteiger partial charge in [0.25, 0.3) is 0 Å². The van der Waals surface area contributed by atoms with Gasteiger partial charge in [0.05, 0.1) is 116 Å². The van der Waals surface area contributed by atoms with Crippen molar-refractivity contribution in [2.24, 2.45) is 0 Å². The van der Waals surface area contributed by atoms with Crippen LogP contribution in [0.1, 0.15) is 0 Å². The summed E-state index contributed by atoms with van der Waals surface area (Å²) in [6, 6.07) is 37.9. The van der Waals surface area contributed by atoms with Crippen molar-refractivity contribution in [2.75, 3.05) is 9.80 Å². The summed E-state index contributed by atoms with van der Waals surface area (Å²) in [6.07, 6.45) is 0. The third-order valence-electron chi connectivity index (χ3n) is 8.90. The van der Waals surface area contributed by atoms with Crippen molar-refractivity contribution < 1.29 is 16.8 Å². The monoisotopic (exact) mass is 672 g/mol. The van der Waals surface area contributed by atoms with Crippen LogP contribution in [0.15, 0.2) is 160 Å². The number of nitrogens with zero attached hydrogens (tertiary/aromatic N) is 2. The average Bonchev–Trinajstić information content (AvgIpc) is 3.10. The van der Waals surface area contributed by atoms with Crippen LogP contribution in [0.4, 0.5) is 34.1 Å². The van der Waals surface area contributed by atoms with E-state index in [9.17, 15) is 16.8 Å². The van der Waals surface area contributed by atoms with E-state index in [0.29, 0.717) is 61.7 Å². The average molecular weight is 673 g/mol. The number of hydrogen-bond donors (Lipinski definition) is 0. The van der Waals surface area contributed by atoms with E-state index < -0.39 is 43.2 Å². The highest BCUT2D eigenvalue weighted by atomic mass is 32.2. The second-order valence-electron chi connectivity index (χ2n) is 11.2. The minimum atomic E-state index is -1.62. The molecule has 4 aliphatic rings. The van der Waals surface area contributed by atoms with Gasteiger partial charge in [0, 0.05) is 5.56 Å². The number of para-hydroxylation sites is 4. The van der Waals surface area contributed by atoms with Gasteiger partial charge in [0.15, 0.2) is 0 Å². The predicted octanol–water partition coefficient (Wildman–Crippen LogP) is 8.21. The molecular formula is C36H20N2O4S4. The largest absolute Gasteiger partial charge is 0.306 e. The number of fused-ring (bicyclic) bond motifs is 8. The fraction of sp³-hybridized carbons (Fsp3) is 0. The number of hydrogen-bond acceptors (Lipinski definition) is 6. The van der Waals surface area contributed by atoms with E-state index in [2.05, 4.69) is 9.80 Å². The fourth-order valence-electron chi connectivity index (χ4n) is 6.99. The molecular weight excluding hydrogens is 653 g/mol. The molecule has 0 saturated carbocycles. The molecule has 0 radical (unpaired) electrons. The van der Waals surface area contributed by atoms with E-state index in [4.69, 9.17) is 0 Å². The summed E-state index contributed by atoms with van der Waals surface area (Å²) in [4.78, 5) is 9.13. The van der Waals surface area contributed by atoms with E-state index in [1.807, 2.05) is 121 Å². The van der Waals surface area contributed by atoms with E-state index in [1.54, 1.807) is 0 Å². The smallest absolute Gasteiger partial charge is 0.0899 e. The van der Waals surface area contributed by atoms with Crippen LogP contribution >= 0.6 is 0 Å². The topological polar surface area (TPSA) is 74.8 Å². The molecule has 0 spiro atoms. The van der Waals surface area contributed by atoms with Crippen molar-refractivity contribution in [1.82, 2.24) is 0 Å². The van der Waals surface area contributed by atoms with Crippen LogP contribution in [-0.4, -0.2) is 16.8 Å². The Morgan fingerprint density at radius 2 is 0.761 bits per heavy atom. The summed E-state index contributed by atoms with van der Waals surface area (Å²) in [5.41, 5.74) is 5.87. The van der Waals surface area contributed by atoms with Crippen LogP contribution in [0.3, 0.4) is 0 Å². The Morgan fingerprint density at radius 3 is 1.33 bits per heavy atom. The van der Waals surface area contributed by atoms with Gasteiger partial charge in [0.2, 0.25) is 0 Å². The lowest BCUT2D eigenvalue weighted by atomic mass is 10.0. The molecule has 4 heterocycles. The zero-order valence-corrected chi connectivity index (χ0v) is 27.0. The molecule has 4 unspecified atom stereocenters. The van der Waals surface area contributed by atoms with Crippen molar-refractivity contribution in [1.29, 1.82) is 0 Å². The van der Waals surface area contributed by atoms with Crippen molar-refractivity contribution in [2.45, 2.75) is 39.2 Å². The van der Waals surface area contributed by atoms with Crippen LogP contribution in [0.5, 0.6) is 0 Å². The fourth-order valence-corrected chi connectivity index (χ4v) is 12.8. The van der Waals surface area contributed by atoms with Crippen molar-refractivity contribution in [3.63, 3.8) is 0 Å². The summed E-state index contributed by atoms with van der Waals surface area (Å²) in [6.45, 7) is 0. The van der Waals surface area contributed by atoms with E-state index in [0.717, 1.165) is 22.7 Å². The first-order valence-electron chi connectivity index (χ1n) is 14.5. The molecule has 0 N–H and O–H groups in total. The Bertz CT molecular complexity index is 2410. The number of anilines is 6. The first kappa shape index (κ1) is 26.7. The van der Waals surface area contributed by atoms with Gasteiger partial charge in [-0.1, -0.05) is 54.6 Å². The Hall–Kier alpha value is -4.48. The molecule has 0 saturated heterocycles. The van der Waals surface area contributed by atoms with E-state index in [1.165, 1.54) is 0 Å². The highest BCUT2D eigenvalue weighted by Crippen LogP contribution is 2.58.